The Morgan fingerprint density at radius 1 is 0.645 bits per heavy atom. The minimum absolute atomic E-state index is 0.375. The highest BCUT2D eigenvalue weighted by atomic mass is 16.3. The monoisotopic (exact) mass is 406 g/mol. The molecule has 4 aromatic heterocycles. The molecule has 6 heteroatoms. The molecule has 2 N–H and O–H groups in total. The van der Waals surface area contributed by atoms with Crippen molar-refractivity contribution in [3.05, 3.63) is 95.5 Å². The third kappa shape index (κ3) is 4.43. The Kier molecular flexibility index (Phi) is 4.86. The van der Waals surface area contributed by atoms with Gasteiger partial charge in [-0.1, -0.05) is 0 Å². The zero-order valence-electron chi connectivity index (χ0n) is 16.4. The number of furan rings is 1. The molecule has 0 aromatic carbocycles. The fourth-order valence-electron chi connectivity index (χ4n) is 3.30. The van der Waals surface area contributed by atoms with Gasteiger partial charge in [-0.25, -0.2) is 9.97 Å². The van der Waals surface area contributed by atoms with E-state index in [1.165, 1.54) is 6.26 Å². The van der Waals surface area contributed by atoms with Crippen molar-refractivity contribution in [2.45, 2.75) is 0 Å². The van der Waals surface area contributed by atoms with E-state index in [-0.39, 0.29) is 0 Å². The molecule has 31 heavy (non-hydrogen) atoms. The van der Waals surface area contributed by atoms with Gasteiger partial charge in [0.1, 0.15) is 0 Å². The van der Waals surface area contributed by atoms with Crippen molar-refractivity contribution in [3.8, 4) is 0 Å². The van der Waals surface area contributed by atoms with Gasteiger partial charge in [0.25, 0.3) is 0 Å². The maximum absolute atomic E-state index is 9.77. The van der Waals surface area contributed by atoms with Gasteiger partial charge in [0.15, 0.2) is 12.0 Å². The van der Waals surface area contributed by atoms with Crippen molar-refractivity contribution in [1.82, 2.24) is 19.9 Å². The molecule has 2 aliphatic heterocycles. The maximum Gasteiger partial charge on any atom is 0.185 e. The molecule has 0 aliphatic carbocycles. The summed E-state index contributed by atoms with van der Waals surface area (Å²) in [4.78, 5) is 25.8. The Hall–Kier alpha value is -4.45. The molecule has 0 fully saturated rings. The number of fused-ring (bicyclic) bond motifs is 8. The molecule has 0 spiro atoms. The van der Waals surface area contributed by atoms with Crippen LogP contribution in [0.5, 0.6) is 0 Å². The van der Waals surface area contributed by atoms with E-state index in [9.17, 15) is 4.79 Å². The first-order valence-electron chi connectivity index (χ1n) is 9.77. The number of nitrogens with one attached hydrogen (secondary N) is 2. The first-order chi connectivity index (χ1) is 15.2. The number of hydrogen-bond acceptors (Lipinski definition) is 4. The third-order valence-corrected chi connectivity index (χ3v) is 4.70. The van der Waals surface area contributed by atoms with Crippen LogP contribution in [0.25, 0.3) is 46.4 Å². The van der Waals surface area contributed by atoms with E-state index in [4.69, 9.17) is 0 Å². The Bertz CT molecular complexity index is 1360. The van der Waals surface area contributed by atoms with Crippen LogP contribution in [0.15, 0.2) is 71.3 Å². The third-order valence-electron chi connectivity index (χ3n) is 4.70. The number of aromatic amines is 2. The molecule has 8 bridgehead atoms. The lowest BCUT2D eigenvalue weighted by Gasteiger charge is -1.86. The zero-order chi connectivity index (χ0) is 21.0. The Morgan fingerprint density at radius 2 is 1.13 bits per heavy atom. The Labute approximate surface area is 177 Å². The van der Waals surface area contributed by atoms with Gasteiger partial charge in [-0.3, -0.25) is 4.79 Å². The summed E-state index contributed by atoms with van der Waals surface area (Å²) in [7, 11) is 0. The van der Waals surface area contributed by atoms with Gasteiger partial charge >= 0.3 is 0 Å². The van der Waals surface area contributed by atoms with Crippen LogP contribution in [-0.4, -0.2) is 26.2 Å². The summed E-state index contributed by atoms with van der Waals surface area (Å²) in [5, 5.41) is 0. The molecular formula is C25H18N4O2. The highest BCUT2D eigenvalue weighted by molar-refractivity contribution is 5.77. The van der Waals surface area contributed by atoms with E-state index in [1.807, 2.05) is 42.5 Å². The van der Waals surface area contributed by atoms with E-state index < -0.39 is 0 Å². The van der Waals surface area contributed by atoms with E-state index >= 15 is 0 Å². The number of carbonyl (C=O) groups is 1. The molecule has 0 amide bonds. The number of aromatic nitrogens is 4. The molecule has 0 unspecified atom stereocenters. The smallest absolute Gasteiger partial charge is 0.185 e. The van der Waals surface area contributed by atoms with Gasteiger partial charge in [-0.15, -0.1) is 0 Å². The standard InChI is InChI=1S/C20H14N4.C5H4O2/c1-2-14-10-16-5-6-18(23-16)12-20-8-7-19(24-20)11-17-4-3-15(22-17)9-13(1)21-14;6-4-5-2-1-3-7-5/h1-12,21-22H;1-4H. The van der Waals surface area contributed by atoms with Gasteiger partial charge < -0.3 is 14.4 Å². The molecule has 6 heterocycles. The quantitative estimate of drug-likeness (QED) is 0.341. The van der Waals surface area contributed by atoms with Crippen molar-refractivity contribution in [2.75, 3.05) is 0 Å². The summed E-state index contributed by atoms with van der Waals surface area (Å²) in [6.07, 6.45) is 10.2. The molecule has 150 valence electrons. The first-order valence-corrected chi connectivity index (χ1v) is 9.77. The minimum Gasteiger partial charge on any atom is -0.462 e. The van der Waals surface area contributed by atoms with Gasteiger partial charge in [0, 0.05) is 22.1 Å². The number of nitrogens with zero attached hydrogens (tertiary/aromatic N) is 2. The molecule has 6 rings (SSSR count). The Balaban J connectivity index is 0.000000250. The van der Waals surface area contributed by atoms with Crippen LogP contribution in [0.1, 0.15) is 33.3 Å². The highest BCUT2D eigenvalue weighted by Gasteiger charge is 2.02. The van der Waals surface area contributed by atoms with Crippen LogP contribution < -0.4 is 0 Å². The molecule has 0 radical (unpaired) electrons. The number of H-pyrrole nitrogens is 2. The molecule has 6 nitrogen and oxygen atoms in total. The Morgan fingerprint density at radius 3 is 1.55 bits per heavy atom. The lowest BCUT2D eigenvalue weighted by molar-refractivity contribution is 0.110. The normalized spacial score (nSPS) is 11.7. The van der Waals surface area contributed by atoms with Crippen LogP contribution in [-0.2, 0) is 0 Å². The lowest BCUT2D eigenvalue weighted by atomic mass is 10.3. The predicted molar refractivity (Wildman–Crippen MR) is 123 cm³/mol. The second-order valence-corrected chi connectivity index (χ2v) is 7.04. The average molecular weight is 406 g/mol. The summed E-state index contributed by atoms with van der Waals surface area (Å²) in [5.41, 5.74) is 7.86. The van der Waals surface area contributed by atoms with Gasteiger partial charge in [0.05, 0.1) is 29.0 Å². The second-order valence-electron chi connectivity index (χ2n) is 7.04. The SMILES string of the molecule is C1=Cc2cc3ccc(cc4ccc(cc5nc(cc1n2)C=C5)[nH]4)[nH]3.O=Cc1ccco1. The number of hydrogen-bond donors (Lipinski definition) is 2. The van der Waals surface area contributed by atoms with E-state index in [0.717, 1.165) is 44.8 Å². The maximum atomic E-state index is 9.77. The zero-order valence-corrected chi connectivity index (χ0v) is 16.4. The minimum atomic E-state index is 0.375. The summed E-state index contributed by atoms with van der Waals surface area (Å²) < 4.78 is 4.61. The first kappa shape index (κ1) is 18.6. The predicted octanol–water partition coefficient (Wildman–Crippen LogP) is 5.75. The van der Waals surface area contributed by atoms with E-state index in [0.29, 0.717) is 12.0 Å². The largest absolute Gasteiger partial charge is 0.462 e. The summed E-state index contributed by atoms with van der Waals surface area (Å²) >= 11 is 0. The summed E-state index contributed by atoms with van der Waals surface area (Å²) in [6.45, 7) is 0. The molecule has 2 aliphatic rings. The highest BCUT2D eigenvalue weighted by Crippen LogP contribution is 2.17. The summed E-state index contributed by atoms with van der Waals surface area (Å²) in [5.74, 6) is 0.375. The topological polar surface area (TPSA) is 87.6 Å². The molecular weight excluding hydrogens is 388 g/mol. The number of aldehydes is 1. The fourth-order valence-corrected chi connectivity index (χ4v) is 3.30. The van der Waals surface area contributed by atoms with Crippen molar-refractivity contribution < 1.29 is 9.21 Å². The van der Waals surface area contributed by atoms with Crippen molar-refractivity contribution in [3.63, 3.8) is 0 Å². The average Bonchev–Trinajstić information content (AvgIpc) is 3.57. The van der Waals surface area contributed by atoms with Crippen LogP contribution >= 0.6 is 0 Å². The lowest BCUT2D eigenvalue weighted by Crippen LogP contribution is -1.77. The van der Waals surface area contributed by atoms with Crippen LogP contribution in [0.3, 0.4) is 0 Å². The second kappa shape index (κ2) is 8.12. The van der Waals surface area contributed by atoms with Crippen molar-refractivity contribution >= 4 is 52.7 Å². The molecule has 4 aromatic rings. The molecule has 0 saturated heterocycles. The molecule has 0 saturated carbocycles. The molecule has 0 atom stereocenters. The van der Waals surface area contributed by atoms with Gasteiger partial charge in [0.2, 0.25) is 0 Å². The number of carbonyl (C=O) groups excluding carboxylic acids is 1. The van der Waals surface area contributed by atoms with E-state index in [2.05, 4.69) is 54.7 Å². The number of rotatable bonds is 1. The van der Waals surface area contributed by atoms with Crippen molar-refractivity contribution in [1.29, 1.82) is 0 Å². The van der Waals surface area contributed by atoms with E-state index in [1.54, 1.807) is 12.1 Å². The van der Waals surface area contributed by atoms with Gasteiger partial charge in [-0.05, 0) is 85.0 Å². The fraction of sp³-hybridized carbons (Fsp3) is 0. The summed E-state index contributed by atoms with van der Waals surface area (Å²) in [6, 6.07) is 19.7. The van der Waals surface area contributed by atoms with Crippen LogP contribution in [0.4, 0.5) is 0 Å². The van der Waals surface area contributed by atoms with Gasteiger partial charge in [-0.2, -0.15) is 0 Å². The van der Waals surface area contributed by atoms with Crippen molar-refractivity contribution in [2.24, 2.45) is 0 Å². The van der Waals surface area contributed by atoms with Crippen LogP contribution in [0, 0.1) is 0 Å². The van der Waals surface area contributed by atoms with Crippen LogP contribution in [0.2, 0.25) is 0 Å².